The number of carbonyl (C=O) groups excluding carboxylic acids is 10. The molecule has 2 atom stereocenters. The van der Waals surface area contributed by atoms with E-state index in [-0.39, 0.29) is 27.8 Å². The van der Waals surface area contributed by atoms with Gasteiger partial charge in [-0.2, -0.15) is 24.0 Å². The molecular weight excluding hydrogens is 1500 g/mol. The normalized spacial score (nSPS) is 12.5. The molecule has 0 saturated heterocycles. The minimum Gasteiger partial charge on any atom is -0.432 e. The van der Waals surface area contributed by atoms with Gasteiger partial charge in [-0.05, 0) is 138 Å². The number of rotatable bonds is 39. The molecule has 582 valence electrons. The smallest absolute Gasteiger partial charge is 0.432 e. The van der Waals surface area contributed by atoms with Crippen molar-refractivity contribution in [2.45, 2.75) is 146 Å². The van der Waals surface area contributed by atoms with E-state index in [1.54, 1.807) is 60.7 Å². The highest BCUT2D eigenvalue weighted by molar-refractivity contribution is 6.62. The van der Waals surface area contributed by atoms with Crippen molar-refractivity contribution in [3.8, 4) is 0 Å². The molecule has 25 nitrogen and oxygen atoms in total. The Labute approximate surface area is 653 Å². The minimum absolute atomic E-state index is 0.00270. The fourth-order valence-electron chi connectivity index (χ4n) is 10.3. The van der Waals surface area contributed by atoms with Crippen molar-refractivity contribution < 1.29 is 121 Å². The number of hydrogen-bond acceptors (Lipinski definition) is 25. The molecule has 0 saturated carbocycles. The average molecular weight is 1590 g/mol. The van der Waals surface area contributed by atoms with Crippen LogP contribution in [-0.2, 0) is 72.6 Å². The maximum Gasteiger partial charge on any atom is 0.549 e. The second-order valence-corrected chi connectivity index (χ2v) is 31.2. The van der Waals surface area contributed by atoms with Gasteiger partial charge in [0, 0.05) is 17.8 Å². The van der Waals surface area contributed by atoms with Crippen LogP contribution in [0, 0.1) is 17.8 Å². The highest BCUT2D eigenvalue weighted by Gasteiger charge is 2.36. The Hall–Kier alpha value is -10.4. The summed E-state index contributed by atoms with van der Waals surface area (Å²) < 4.78 is 27.2. The molecular formula is C80H92O25Si5. The van der Waals surface area contributed by atoms with Crippen molar-refractivity contribution in [3.05, 3.63) is 206 Å². The molecule has 5 aromatic carbocycles. The summed E-state index contributed by atoms with van der Waals surface area (Å²) in [5, 5.41) is 10.8. The molecule has 10 radical (unpaired) electrons. The maximum atomic E-state index is 13.6. The molecule has 2 unspecified atom stereocenters. The molecule has 0 heterocycles. The van der Waals surface area contributed by atoms with E-state index in [1.807, 2.05) is 69.2 Å². The van der Waals surface area contributed by atoms with Crippen molar-refractivity contribution in [2.24, 2.45) is 17.8 Å². The summed E-state index contributed by atoms with van der Waals surface area (Å²) in [6.45, 7) is 16.5. The summed E-state index contributed by atoms with van der Waals surface area (Å²) in [6, 6.07) is 32.2. The van der Waals surface area contributed by atoms with Gasteiger partial charge in [-0.1, -0.05) is 212 Å². The first-order chi connectivity index (χ1) is 53.2. The second kappa shape index (κ2) is 51.1. The minimum atomic E-state index is -1.63. The van der Waals surface area contributed by atoms with E-state index in [0.29, 0.717) is 47.6 Å². The fraction of sp³-hybridized carbons (Fsp3) is 0.375. The highest BCUT2D eigenvalue weighted by atomic mass is 28.2. The Kier molecular flexibility index (Phi) is 41.9. The molecule has 0 fully saturated rings. The SMILES string of the molecule is CC/C=C(\CC)[Si]c1ccc(C(=O)OOC(=O)OCCC(COC(=O)OOC(=O)c2ccc([Si]/C(=C/CC)CC)cc2)C(COC(=O)OOC(=O)c2ccc([Si]/C(=C/CC)CC)cc2)C(CCOC(=O)OOC(=O)c2ccc([Si]/C(=C/CC)CC)cc2)COC(=O)OOC(=O)c2ccc([Si]/C(=C/CC)CC)cc2)cc1. The molecule has 0 amide bonds. The average Bonchev–Trinajstić information content (AvgIpc) is 0.833. The number of hydrogen-bond donors (Lipinski definition) is 0. The zero-order valence-electron chi connectivity index (χ0n) is 63.4. The van der Waals surface area contributed by atoms with E-state index >= 15 is 0 Å². The van der Waals surface area contributed by atoms with Crippen LogP contribution in [-0.4, -0.2) is 141 Å². The van der Waals surface area contributed by atoms with Crippen LogP contribution in [0.2, 0.25) is 0 Å². The predicted octanol–water partition coefficient (Wildman–Crippen LogP) is 13.4. The third-order valence-electron chi connectivity index (χ3n) is 16.1. The lowest BCUT2D eigenvalue weighted by molar-refractivity contribution is -0.210. The van der Waals surface area contributed by atoms with E-state index < -0.39 is 124 Å². The van der Waals surface area contributed by atoms with Gasteiger partial charge >= 0.3 is 60.6 Å². The summed E-state index contributed by atoms with van der Waals surface area (Å²) in [7, 11) is 1.74. The first kappa shape index (κ1) is 90.2. The zero-order chi connectivity index (χ0) is 80.0. The lowest BCUT2D eigenvalue weighted by Crippen LogP contribution is -2.37. The fourth-order valence-corrected chi connectivity index (χ4v) is 16.3. The summed E-state index contributed by atoms with van der Waals surface area (Å²) in [6.07, 6.45) is 10.3. The van der Waals surface area contributed by atoms with Crippen molar-refractivity contribution >= 4 is 134 Å². The Balaban J connectivity index is 1.46. The molecule has 0 bridgehead atoms. The van der Waals surface area contributed by atoms with Crippen LogP contribution >= 0.6 is 0 Å². The number of allylic oxidation sites excluding steroid dienone is 10. The Morgan fingerprint density at radius 2 is 0.455 bits per heavy atom. The van der Waals surface area contributed by atoms with E-state index in [4.69, 9.17) is 72.6 Å². The number of benzene rings is 5. The molecule has 30 heteroatoms. The van der Waals surface area contributed by atoms with E-state index in [1.165, 1.54) is 86.6 Å². The van der Waals surface area contributed by atoms with Gasteiger partial charge in [0.2, 0.25) is 0 Å². The molecule has 0 aliphatic rings. The highest BCUT2D eigenvalue weighted by Crippen LogP contribution is 2.30. The van der Waals surface area contributed by atoms with E-state index in [0.717, 1.165) is 90.1 Å². The van der Waals surface area contributed by atoms with Crippen molar-refractivity contribution in [1.82, 2.24) is 0 Å². The van der Waals surface area contributed by atoms with Gasteiger partial charge < -0.3 is 23.7 Å². The van der Waals surface area contributed by atoms with Crippen LogP contribution in [0.4, 0.5) is 24.0 Å². The van der Waals surface area contributed by atoms with Gasteiger partial charge in [0.1, 0.15) is 47.6 Å². The summed E-state index contributed by atoms with van der Waals surface area (Å²) in [5.41, 5.74) is 0.0784. The summed E-state index contributed by atoms with van der Waals surface area (Å²) in [4.78, 5) is 181. The van der Waals surface area contributed by atoms with Gasteiger partial charge in [0.25, 0.3) is 0 Å². The zero-order valence-corrected chi connectivity index (χ0v) is 68.4. The van der Waals surface area contributed by atoms with Gasteiger partial charge in [-0.15, -0.1) is 0 Å². The van der Waals surface area contributed by atoms with E-state index in [9.17, 15) is 47.9 Å². The first-order valence-corrected chi connectivity index (χ1v) is 41.3. The Morgan fingerprint density at radius 1 is 0.264 bits per heavy atom. The topological polar surface area (TPSA) is 309 Å². The molecule has 0 aliphatic heterocycles. The predicted molar refractivity (Wildman–Crippen MR) is 411 cm³/mol. The van der Waals surface area contributed by atoms with Crippen LogP contribution in [0.25, 0.3) is 0 Å². The van der Waals surface area contributed by atoms with Crippen LogP contribution in [0.1, 0.15) is 198 Å². The van der Waals surface area contributed by atoms with Crippen molar-refractivity contribution in [2.75, 3.05) is 33.0 Å². The third-order valence-corrected chi connectivity index (χ3v) is 23.6. The van der Waals surface area contributed by atoms with E-state index in [2.05, 4.69) is 30.4 Å². The van der Waals surface area contributed by atoms with Crippen LogP contribution in [0.3, 0.4) is 0 Å². The van der Waals surface area contributed by atoms with Crippen molar-refractivity contribution in [3.63, 3.8) is 0 Å². The Bertz CT molecular complexity index is 3740. The first-order valence-electron chi connectivity index (χ1n) is 36.3. The second-order valence-electron chi connectivity index (χ2n) is 23.9. The van der Waals surface area contributed by atoms with Gasteiger partial charge in [-0.3, -0.25) is 0 Å². The molecule has 0 spiro atoms. The number of carbonyl (C=O) groups is 10. The van der Waals surface area contributed by atoms with Gasteiger partial charge in [0.15, 0.2) is 0 Å². The maximum absolute atomic E-state index is 13.6. The van der Waals surface area contributed by atoms with Gasteiger partial charge in [-0.25, -0.2) is 72.8 Å². The van der Waals surface area contributed by atoms with Crippen molar-refractivity contribution in [1.29, 1.82) is 0 Å². The molecule has 110 heavy (non-hydrogen) atoms. The van der Waals surface area contributed by atoms with Crippen LogP contribution in [0.15, 0.2) is 178 Å². The Morgan fingerprint density at radius 3 is 0.645 bits per heavy atom. The molecule has 5 aromatic rings. The lowest BCUT2D eigenvalue weighted by atomic mass is 9.79. The molecule has 0 aliphatic carbocycles. The quantitative estimate of drug-likeness (QED) is 0.0116. The molecule has 5 rings (SSSR count). The van der Waals surface area contributed by atoms with Crippen LogP contribution in [0.5, 0.6) is 0 Å². The van der Waals surface area contributed by atoms with Crippen LogP contribution < -0.4 is 25.9 Å². The third kappa shape index (κ3) is 33.6. The van der Waals surface area contributed by atoms with Gasteiger partial charge in [0.05, 0.1) is 60.9 Å². The summed E-state index contributed by atoms with van der Waals surface area (Å²) >= 11 is 0. The molecule has 0 aromatic heterocycles. The standard InChI is InChI=1S/C80H92O25Si5/c1-11-21-60(16-6)106-65-36-26-53(27-37-65)71(81)96-101-76(86)91-48-46-58(50-93-78(88)103-98-73(83)55-30-40-67(41-31-55)108-62(18-8)23-13-3)70(52-95-80(90)105-100-75(85)57-34-44-69(45-35-57)110-64(20-10)25-15-5)59(51-94-79(89)104-99-74(84)56-32-42-68(43-33-56)109-63(19-9)24-14-4)47-49-92-77(87)102-97-72(82)54-28-38-66(39-29-54)107-61(17-7)22-12-2/h21-45,58-59,70H,11-20,46-52H2,1-10H3/b60-21+,61-22+,62-23+,63-24+,64-25+. The lowest BCUT2D eigenvalue weighted by Gasteiger charge is -2.32. The summed E-state index contributed by atoms with van der Waals surface area (Å²) in [5.74, 6) is -9.47. The largest absolute Gasteiger partial charge is 0.549 e. The number of ether oxygens (including phenoxy) is 5. The molecule has 0 N–H and O–H groups in total. The monoisotopic (exact) mass is 1590 g/mol.